The standard InChI is InChI=1S/C10H13F3N2O3S/c11-10(12,13)19-4-3-14-9(18)15-7-2-1-6(5-7)8(16)17/h1-2,6-7H,3-5H2,(H,16,17)(H2,14,15,18). The van der Waals surface area contributed by atoms with Crippen LogP contribution in [0.4, 0.5) is 18.0 Å². The van der Waals surface area contributed by atoms with Gasteiger partial charge in [-0.1, -0.05) is 12.2 Å². The molecule has 0 radical (unpaired) electrons. The van der Waals surface area contributed by atoms with Crippen LogP contribution in [0.1, 0.15) is 6.42 Å². The van der Waals surface area contributed by atoms with Crippen LogP contribution in [0.2, 0.25) is 0 Å². The summed E-state index contributed by atoms with van der Waals surface area (Å²) in [5.41, 5.74) is -4.30. The third-order valence-electron chi connectivity index (χ3n) is 2.37. The van der Waals surface area contributed by atoms with Gasteiger partial charge < -0.3 is 15.7 Å². The number of carboxylic acid groups (broad SMARTS) is 1. The molecule has 0 aromatic heterocycles. The van der Waals surface area contributed by atoms with Gasteiger partial charge in [0.25, 0.3) is 0 Å². The number of carbonyl (C=O) groups excluding carboxylic acids is 1. The van der Waals surface area contributed by atoms with Crippen molar-refractivity contribution in [1.29, 1.82) is 0 Å². The van der Waals surface area contributed by atoms with E-state index in [1.165, 1.54) is 6.08 Å². The Morgan fingerprint density at radius 1 is 1.37 bits per heavy atom. The number of nitrogens with one attached hydrogen (secondary N) is 2. The Labute approximate surface area is 111 Å². The molecule has 108 valence electrons. The van der Waals surface area contributed by atoms with Gasteiger partial charge in [0.2, 0.25) is 0 Å². The number of hydrogen-bond donors (Lipinski definition) is 3. The second kappa shape index (κ2) is 6.69. The molecule has 1 aliphatic rings. The number of amides is 2. The molecule has 0 fully saturated rings. The van der Waals surface area contributed by atoms with Crippen molar-refractivity contribution in [1.82, 2.24) is 10.6 Å². The number of urea groups is 1. The first-order valence-electron chi connectivity index (χ1n) is 5.44. The van der Waals surface area contributed by atoms with Gasteiger partial charge in [-0.25, -0.2) is 4.79 Å². The highest BCUT2D eigenvalue weighted by Crippen LogP contribution is 2.29. The Balaban J connectivity index is 2.16. The summed E-state index contributed by atoms with van der Waals surface area (Å²) in [4.78, 5) is 22.0. The maximum absolute atomic E-state index is 11.8. The van der Waals surface area contributed by atoms with Crippen LogP contribution in [0.15, 0.2) is 12.2 Å². The highest BCUT2D eigenvalue weighted by atomic mass is 32.2. The molecule has 2 unspecified atom stereocenters. The van der Waals surface area contributed by atoms with E-state index in [9.17, 15) is 22.8 Å². The Hall–Kier alpha value is -1.38. The lowest BCUT2D eigenvalue weighted by Crippen LogP contribution is -2.42. The van der Waals surface area contributed by atoms with Crippen molar-refractivity contribution < 1.29 is 27.9 Å². The summed E-state index contributed by atoms with van der Waals surface area (Å²) in [6.07, 6.45) is 3.29. The molecular weight excluding hydrogens is 285 g/mol. The summed E-state index contributed by atoms with van der Waals surface area (Å²) in [7, 11) is 0. The molecule has 19 heavy (non-hydrogen) atoms. The van der Waals surface area contributed by atoms with Crippen molar-refractivity contribution in [2.24, 2.45) is 5.92 Å². The lowest BCUT2D eigenvalue weighted by atomic mass is 10.1. The first-order chi connectivity index (χ1) is 8.78. The highest BCUT2D eigenvalue weighted by Gasteiger charge is 2.28. The number of alkyl halides is 3. The third kappa shape index (κ3) is 6.37. The average molecular weight is 298 g/mol. The average Bonchev–Trinajstić information content (AvgIpc) is 2.71. The minimum absolute atomic E-state index is 0.116. The summed E-state index contributed by atoms with van der Waals surface area (Å²) in [6.45, 7) is -0.116. The first-order valence-corrected chi connectivity index (χ1v) is 6.42. The molecule has 0 heterocycles. The maximum Gasteiger partial charge on any atom is 0.441 e. The SMILES string of the molecule is O=C(NCCSC(F)(F)F)NC1C=CC(C(=O)O)C1. The van der Waals surface area contributed by atoms with E-state index >= 15 is 0 Å². The largest absolute Gasteiger partial charge is 0.481 e. The summed E-state index contributed by atoms with van der Waals surface area (Å²) in [5, 5.41) is 13.5. The van der Waals surface area contributed by atoms with Crippen molar-refractivity contribution >= 4 is 23.8 Å². The Kier molecular flexibility index (Phi) is 5.52. The Morgan fingerprint density at radius 2 is 2.05 bits per heavy atom. The summed E-state index contributed by atoms with van der Waals surface area (Å²) >= 11 is -0.212. The summed E-state index contributed by atoms with van der Waals surface area (Å²) < 4.78 is 35.4. The van der Waals surface area contributed by atoms with Gasteiger partial charge in [0.15, 0.2) is 0 Å². The molecule has 9 heteroatoms. The van der Waals surface area contributed by atoms with E-state index in [-0.39, 0.29) is 30.5 Å². The van der Waals surface area contributed by atoms with E-state index in [4.69, 9.17) is 5.11 Å². The van der Waals surface area contributed by atoms with Crippen molar-refractivity contribution in [2.75, 3.05) is 12.3 Å². The highest BCUT2D eigenvalue weighted by molar-refractivity contribution is 8.00. The van der Waals surface area contributed by atoms with E-state index in [1.807, 2.05) is 0 Å². The second-order valence-corrected chi connectivity index (χ2v) is 5.03. The lowest BCUT2D eigenvalue weighted by Gasteiger charge is -2.13. The first kappa shape index (κ1) is 15.7. The molecule has 0 bridgehead atoms. The van der Waals surface area contributed by atoms with E-state index in [0.29, 0.717) is 0 Å². The van der Waals surface area contributed by atoms with Crippen LogP contribution in [-0.4, -0.2) is 41.0 Å². The molecular formula is C10H13F3N2O3S. The van der Waals surface area contributed by atoms with E-state index in [1.54, 1.807) is 6.08 Å². The van der Waals surface area contributed by atoms with Crippen LogP contribution in [-0.2, 0) is 4.79 Å². The topological polar surface area (TPSA) is 78.4 Å². The number of hydrogen-bond acceptors (Lipinski definition) is 3. The Bertz CT molecular complexity index is 374. The second-order valence-electron chi connectivity index (χ2n) is 3.87. The van der Waals surface area contributed by atoms with Gasteiger partial charge in [-0.05, 0) is 18.2 Å². The van der Waals surface area contributed by atoms with Crippen molar-refractivity contribution in [3.05, 3.63) is 12.2 Å². The molecule has 5 nitrogen and oxygen atoms in total. The van der Waals surface area contributed by atoms with Gasteiger partial charge in [-0.15, -0.1) is 0 Å². The molecule has 2 amide bonds. The molecule has 0 saturated heterocycles. The number of thioether (sulfide) groups is 1. The molecule has 1 aliphatic carbocycles. The van der Waals surface area contributed by atoms with E-state index < -0.39 is 29.5 Å². The maximum atomic E-state index is 11.8. The predicted octanol–water partition coefficient (Wildman–Crippen LogP) is 1.57. The zero-order valence-corrected chi connectivity index (χ0v) is 10.6. The number of carbonyl (C=O) groups is 2. The normalized spacial score (nSPS) is 22.3. The zero-order chi connectivity index (χ0) is 14.5. The summed E-state index contributed by atoms with van der Waals surface area (Å²) in [6, 6.07) is -1.01. The number of carboxylic acids is 1. The van der Waals surface area contributed by atoms with Crippen LogP contribution < -0.4 is 10.6 Å². The molecule has 0 aliphatic heterocycles. The molecule has 1 rings (SSSR count). The van der Waals surface area contributed by atoms with Gasteiger partial charge in [0.05, 0.1) is 12.0 Å². The smallest absolute Gasteiger partial charge is 0.441 e. The van der Waals surface area contributed by atoms with E-state index in [0.717, 1.165) is 0 Å². The fourth-order valence-corrected chi connectivity index (χ4v) is 1.98. The van der Waals surface area contributed by atoms with Crippen LogP contribution >= 0.6 is 11.8 Å². The Morgan fingerprint density at radius 3 is 2.58 bits per heavy atom. The van der Waals surface area contributed by atoms with Gasteiger partial charge in [0.1, 0.15) is 0 Å². The molecule has 0 aromatic carbocycles. The molecule has 0 aromatic rings. The minimum Gasteiger partial charge on any atom is -0.481 e. The van der Waals surface area contributed by atoms with Crippen LogP contribution in [0, 0.1) is 5.92 Å². The predicted molar refractivity (Wildman–Crippen MR) is 63.7 cm³/mol. The minimum atomic E-state index is -4.30. The zero-order valence-electron chi connectivity index (χ0n) is 9.74. The van der Waals surface area contributed by atoms with Gasteiger partial charge in [-0.2, -0.15) is 13.2 Å². The van der Waals surface area contributed by atoms with Crippen LogP contribution in [0.3, 0.4) is 0 Å². The fourth-order valence-electron chi connectivity index (χ4n) is 1.54. The van der Waals surface area contributed by atoms with Gasteiger partial charge in [-0.3, -0.25) is 4.79 Å². The quantitative estimate of drug-likeness (QED) is 0.532. The van der Waals surface area contributed by atoms with Crippen molar-refractivity contribution in [3.8, 4) is 0 Å². The van der Waals surface area contributed by atoms with Crippen molar-refractivity contribution in [3.63, 3.8) is 0 Å². The third-order valence-corrected chi connectivity index (χ3v) is 3.11. The van der Waals surface area contributed by atoms with Crippen molar-refractivity contribution in [2.45, 2.75) is 18.0 Å². The number of aliphatic carboxylic acids is 1. The monoisotopic (exact) mass is 298 g/mol. The molecule has 2 atom stereocenters. The van der Waals surface area contributed by atoms with Crippen LogP contribution in [0.25, 0.3) is 0 Å². The fraction of sp³-hybridized carbons (Fsp3) is 0.600. The summed E-state index contributed by atoms with van der Waals surface area (Å²) in [5.74, 6) is -1.87. The lowest BCUT2D eigenvalue weighted by molar-refractivity contribution is -0.140. The van der Waals surface area contributed by atoms with Gasteiger partial charge >= 0.3 is 17.5 Å². The number of halogens is 3. The van der Waals surface area contributed by atoms with E-state index in [2.05, 4.69) is 10.6 Å². The molecule has 3 N–H and O–H groups in total. The van der Waals surface area contributed by atoms with Crippen LogP contribution in [0.5, 0.6) is 0 Å². The van der Waals surface area contributed by atoms with Gasteiger partial charge in [0, 0.05) is 12.3 Å². The number of rotatable bonds is 5. The molecule has 0 saturated carbocycles. The molecule has 0 spiro atoms.